The number of likely N-dealkylation sites (N-methyl/N-ethyl adjacent to an activating group) is 1. The Bertz CT molecular complexity index is 762. The molecule has 2 aromatic rings. The summed E-state index contributed by atoms with van der Waals surface area (Å²) in [5.74, 6) is -0.738. The zero-order valence-corrected chi connectivity index (χ0v) is 15.5. The lowest BCUT2D eigenvalue weighted by molar-refractivity contribution is 0.216. The topological polar surface area (TPSA) is 49.4 Å². The van der Waals surface area contributed by atoms with Gasteiger partial charge in [-0.15, -0.1) is 0 Å². The Labute approximate surface area is 149 Å². The maximum atomic E-state index is 13.8. The molecule has 0 unspecified atom stereocenters. The van der Waals surface area contributed by atoms with Crippen LogP contribution < -0.4 is 4.72 Å². The van der Waals surface area contributed by atoms with Crippen molar-refractivity contribution in [3.05, 3.63) is 66.0 Å². The molecule has 2 rings (SSSR count). The summed E-state index contributed by atoms with van der Waals surface area (Å²) in [5, 5.41) is 0. The number of sulfonamides is 1. The van der Waals surface area contributed by atoms with Gasteiger partial charge in [-0.25, -0.2) is 17.5 Å². The highest BCUT2D eigenvalue weighted by Gasteiger charge is 2.22. The van der Waals surface area contributed by atoms with Gasteiger partial charge < -0.3 is 0 Å². The van der Waals surface area contributed by atoms with E-state index in [0.717, 1.165) is 31.1 Å². The molecule has 4 nitrogen and oxygen atoms in total. The Morgan fingerprint density at radius 1 is 1.00 bits per heavy atom. The second-order valence-electron chi connectivity index (χ2n) is 5.85. The van der Waals surface area contributed by atoms with E-state index < -0.39 is 15.8 Å². The van der Waals surface area contributed by atoms with Gasteiger partial charge in [0, 0.05) is 12.6 Å². The number of nitrogens with zero attached hydrogens (tertiary/aromatic N) is 1. The highest BCUT2D eigenvalue weighted by atomic mass is 32.2. The summed E-state index contributed by atoms with van der Waals surface area (Å²) in [6.45, 7) is 5.96. The average Bonchev–Trinajstić information content (AvgIpc) is 2.61. The van der Waals surface area contributed by atoms with Gasteiger partial charge in [0.15, 0.2) is 0 Å². The third-order valence-corrected chi connectivity index (χ3v) is 5.73. The van der Waals surface area contributed by atoms with Gasteiger partial charge in [0.1, 0.15) is 10.7 Å². The molecule has 6 heteroatoms. The minimum atomic E-state index is -3.88. The van der Waals surface area contributed by atoms with Crippen LogP contribution in [0.4, 0.5) is 4.39 Å². The Hall–Kier alpha value is -1.76. The van der Waals surface area contributed by atoms with Crippen molar-refractivity contribution in [1.82, 2.24) is 9.62 Å². The minimum absolute atomic E-state index is 0.000974. The molecule has 1 N–H and O–H groups in total. The molecule has 0 spiro atoms. The number of nitrogens with one attached hydrogen (secondary N) is 1. The van der Waals surface area contributed by atoms with Gasteiger partial charge in [-0.1, -0.05) is 56.3 Å². The van der Waals surface area contributed by atoms with Gasteiger partial charge in [0.25, 0.3) is 0 Å². The normalized spacial score (nSPS) is 13.1. The molecule has 0 saturated carbocycles. The van der Waals surface area contributed by atoms with Gasteiger partial charge in [0.05, 0.1) is 0 Å². The fourth-order valence-corrected chi connectivity index (χ4v) is 4.05. The summed E-state index contributed by atoms with van der Waals surface area (Å²) < 4.78 is 41.3. The zero-order chi connectivity index (χ0) is 18.3. The first kappa shape index (κ1) is 19.6. The predicted molar refractivity (Wildman–Crippen MR) is 98.4 cm³/mol. The third kappa shape index (κ3) is 5.36. The fourth-order valence-electron chi connectivity index (χ4n) is 2.90. The van der Waals surface area contributed by atoms with Crippen LogP contribution in [0.15, 0.2) is 59.5 Å². The number of benzene rings is 2. The molecule has 0 aliphatic heterocycles. The van der Waals surface area contributed by atoms with Crippen LogP contribution >= 0.6 is 0 Å². The molecule has 25 heavy (non-hydrogen) atoms. The van der Waals surface area contributed by atoms with Crippen LogP contribution in [-0.4, -0.2) is 39.0 Å². The smallest absolute Gasteiger partial charge is 0.243 e. The lowest BCUT2D eigenvalue weighted by Crippen LogP contribution is -2.45. The summed E-state index contributed by atoms with van der Waals surface area (Å²) in [7, 11) is -3.88. The monoisotopic (exact) mass is 364 g/mol. The summed E-state index contributed by atoms with van der Waals surface area (Å²) in [6, 6.07) is 15.4. The Kier molecular flexibility index (Phi) is 7.11. The number of rotatable bonds is 9. The lowest BCUT2D eigenvalue weighted by Gasteiger charge is -2.30. The molecular weight excluding hydrogens is 339 g/mol. The third-order valence-electron chi connectivity index (χ3n) is 4.28. The number of halogens is 1. The van der Waals surface area contributed by atoms with Gasteiger partial charge in [-0.2, -0.15) is 0 Å². The second-order valence-corrected chi connectivity index (χ2v) is 7.58. The highest BCUT2D eigenvalue weighted by molar-refractivity contribution is 7.89. The van der Waals surface area contributed by atoms with Crippen LogP contribution in [0.1, 0.15) is 19.4 Å². The van der Waals surface area contributed by atoms with E-state index in [1.165, 1.54) is 18.2 Å². The molecule has 0 aliphatic carbocycles. The summed E-state index contributed by atoms with van der Waals surface area (Å²) in [6.07, 6.45) is 0.725. The van der Waals surface area contributed by atoms with Crippen LogP contribution in [0.3, 0.4) is 0 Å². The maximum absolute atomic E-state index is 13.8. The van der Waals surface area contributed by atoms with E-state index in [1.807, 2.05) is 44.2 Å². The Morgan fingerprint density at radius 2 is 1.60 bits per heavy atom. The molecule has 0 heterocycles. The van der Waals surface area contributed by atoms with Crippen molar-refractivity contribution >= 4 is 10.0 Å². The van der Waals surface area contributed by atoms with Gasteiger partial charge in [-0.3, -0.25) is 4.90 Å². The van der Waals surface area contributed by atoms with Crippen LogP contribution in [0, 0.1) is 5.82 Å². The van der Waals surface area contributed by atoms with E-state index in [9.17, 15) is 12.8 Å². The minimum Gasteiger partial charge on any atom is -0.299 e. The van der Waals surface area contributed by atoms with Crippen molar-refractivity contribution in [2.75, 3.05) is 19.6 Å². The number of hydrogen-bond donors (Lipinski definition) is 1. The molecule has 1 atom stereocenters. The fraction of sp³-hybridized carbons (Fsp3) is 0.368. The van der Waals surface area contributed by atoms with Crippen molar-refractivity contribution in [1.29, 1.82) is 0 Å². The molecule has 0 bridgehead atoms. The summed E-state index contributed by atoms with van der Waals surface area (Å²) >= 11 is 0. The van der Waals surface area contributed by atoms with Crippen LogP contribution in [-0.2, 0) is 16.4 Å². The molecule has 0 saturated heterocycles. The molecule has 0 fully saturated rings. The van der Waals surface area contributed by atoms with Crippen LogP contribution in [0.25, 0.3) is 0 Å². The zero-order valence-electron chi connectivity index (χ0n) is 14.7. The van der Waals surface area contributed by atoms with Crippen molar-refractivity contribution in [3.63, 3.8) is 0 Å². The summed E-state index contributed by atoms with van der Waals surface area (Å²) in [5.41, 5.74) is 1.14. The second kappa shape index (κ2) is 9.08. The Balaban J connectivity index is 2.15. The summed E-state index contributed by atoms with van der Waals surface area (Å²) in [4.78, 5) is 1.89. The average molecular weight is 364 g/mol. The van der Waals surface area contributed by atoms with E-state index in [1.54, 1.807) is 0 Å². The van der Waals surface area contributed by atoms with Gasteiger partial charge in [-0.05, 0) is 37.2 Å². The van der Waals surface area contributed by atoms with Crippen LogP contribution in [0.2, 0.25) is 0 Å². The molecule has 136 valence electrons. The van der Waals surface area contributed by atoms with E-state index >= 15 is 0 Å². The van der Waals surface area contributed by atoms with Crippen LogP contribution in [0.5, 0.6) is 0 Å². The van der Waals surface area contributed by atoms with Gasteiger partial charge in [0.2, 0.25) is 10.0 Å². The SMILES string of the molecule is CCN(CC)[C@@H](CNS(=O)(=O)c1ccccc1F)Cc1ccccc1. The van der Waals surface area contributed by atoms with Crippen molar-refractivity contribution in [2.24, 2.45) is 0 Å². The quantitative estimate of drug-likeness (QED) is 0.744. The Morgan fingerprint density at radius 3 is 2.20 bits per heavy atom. The molecular formula is C19H25FN2O2S. The van der Waals surface area contributed by atoms with Crippen molar-refractivity contribution in [2.45, 2.75) is 31.2 Å². The van der Waals surface area contributed by atoms with E-state index in [-0.39, 0.29) is 17.5 Å². The van der Waals surface area contributed by atoms with E-state index in [2.05, 4.69) is 9.62 Å². The van der Waals surface area contributed by atoms with Crippen molar-refractivity contribution < 1.29 is 12.8 Å². The van der Waals surface area contributed by atoms with Gasteiger partial charge >= 0.3 is 0 Å². The van der Waals surface area contributed by atoms with E-state index in [0.29, 0.717) is 0 Å². The first-order chi connectivity index (χ1) is 12.0. The lowest BCUT2D eigenvalue weighted by atomic mass is 10.0. The standard InChI is InChI=1S/C19H25FN2O2S/c1-3-22(4-2)17(14-16-10-6-5-7-11-16)15-21-25(23,24)19-13-9-8-12-18(19)20/h5-13,17,21H,3-4,14-15H2,1-2H3/t17-/m1/s1. The maximum Gasteiger partial charge on any atom is 0.243 e. The highest BCUT2D eigenvalue weighted by Crippen LogP contribution is 2.14. The molecule has 0 radical (unpaired) electrons. The first-order valence-corrected chi connectivity index (χ1v) is 9.98. The molecule has 2 aromatic carbocycles. The molecule has 0 amide bonds. The first-order valence-electron chi connectivity index (χ1n) is 8.50. The largest absolute Gasteiger partial charge is 0.299 e. The predicted octanol–water partition coefficient (Wildman–Crippen LogP) is 3.06. The molecule has 0 aliphatic rings. The molecule has 0 aromatic heterocycles. The van der Waals surface area contributed by atoms with Crippen molar-refractivity contribution in [3.8, 4) is 0 Å². The van der Waals surface area contributed by atoms with E-state index in [4.69, 9.17) is 0 Å². The number of hydrogen-bond acceptors (Lipinski definition) is 3.